The van der Waals surface area contributed by atoms with Crippen molar-refractivity contribution in [3.05, 3.63) is 84.5 Å². The Morgan fingerprint density at radius 1 is 1.18 bits per heavy atom. The van der Waals surface area contributed by atoms with E-state index in [4.69, 9.17) is 4.98 Å². The van der Waals surface area contributed by atoms with Crippen LogP contribution in [0.15, 0.2) is 72.5 Å². The highest BCUT2D eigenvalue weighted by Gasteiger charge is 2.33. The minimum Gasteiger partial charge on any atom is -0.611 e. The number of hydrogen-bond acceptors (Lipinski definition) is 4. The number of benzene rings is 2. The molecular weight excluding hydrogens is 504 g/mol. The summed E-state index contributed by atoms with van der Waals surface area (Å²) in [5, 5.41) is 3.15. The molecule has 4 atom stereocenters. The molecule has 1 N–H and O–H groups in total. The van der Waals surface area contributed by atoms with E-state index in [0.29, 0.717) is 30.7 Å². The Bertz CT molecular complexity index is 1320. The molecule has 2 bridgehead atoms. The predicted octanol–water partition coefficient (Wildman–Crippen LogP) is 6.81. The van der Waals surface area contributed by atoms with Crippen LogP contribution >= 0.6 is 0 Å². The van der Waals surface area contributed by atoms with Crippen molar-refractivity contribution in [1.82, 2.24) is 15.3 Å². The Morgan fingerprint density at radius 3 is 2.64 bits per heavy atom. The zero-order valence-electron chi connectivity index (χ0n) is 23.1. The molecule has 1 saturated carbocycles. The van der Waals surface area contributed by atoms with Crippen molar-refractivity contribution in [3.8, 4) is 11.1 Å². The number of amides is 2. The minimum absolute atomic E-state index is 0.0953. The van der Waals surface area contributed by atoms with Crippen molar-refractivity contribution in [1.29, 1.82) is 0 Å². The average molecular weight is 543 g/mol. The van der Waals surface area contributed by atoms with Crippen molar-refractivity contribution in [2.45, 2.75) is 63.3 Å². The molecule has 2 aromatic carbocycles. The topological polar surface area (TPSA) is 81.2 Å². The molecule has 4 unspecified atom stereocenters. The van der Waals surface area contributed by atoms with E-state index in [1.54, 1.807) is 6.33 Å². The number of carbonyl (C=O) groups excluding carboxylic acids is 1. The second-order valence-corrected chi connectivity index (χ2v) is 12.6. The number of urea groups is 1. The maximum atomic E-state index is 13.7. The standard InChI is InChI=1S/C32H38N4O2S/c1-5-27-21(3)15-16-36(32(37)34-18-23-7-12-26(13-8-23)39(38)6-2)30-14-11-25(17-28(30)24-9-10-24)29-19-33-20-35-31(29)22(27)4/h5,7-8,11-14,17,19-22,24,27H,1,6,9-10,15-16,18H2,2-4H3,(H,34,37). The summed E-state index contributed by atoms with van der Waals surface area (Å²) in [5.41, 5.74) is 6.41. The molecule has 0 saturated heterocycles. The third-order valence-electron chi connectivity index (χ3n) is 8.27. The van der Waals surface area contributed by atoms with Crippen LogP contribution in [0, 0.1) is 11.8 Å². The van der Waals surface area contributed by atoms with Gasteiger partial charge in [-0.05, 0) is 96.1 Å². The number of nitrogens with zero attached hydrogens (tertiary/aromatic N) is 3. The zero-order chi connectivity index (χ0) is 27.5. The molecule has 39 heavy (non-hydrogen) atoms. The molecule has 2 aliphatic heterocycles. The lowest BCUT2D eigenvalue weighted by Crippen LogP contribution is -2.41. The summed E-state index contributed by atoms with van der Waals surface area (Å²) < 4.78 is 12.1. The molecule has 2 amide bonds. The van der Waals surface area contributed by atoms with Gasteiger partial charge in [0.05, 0.1) is 5.69 Å². The van der Waals surface area contributed by atoms with Crippen LogP contribution in [0.4, 0.5) is 10.5 Å². The van der Waals surface area contributed by atoms with Crippen LogP contribution in [0.25, 0.3) is 11.1 Å². The fourth-order valence-corrected chi connectivity index (χ4v) is 6.55. The van der Waals surface area contributed by atoms with Crippen LogP contribution < -0.4 is 10.2 Å². The number of fused-ring (bicyclic) bond motifs is 7. The monoisotopic (exact) mass is 542 g/mol. The molecule has 0 radical (unpaired) electrons. The molecular formula is C32H38N4O2S. The second-order valence-electron chi connectivity index (χ2n) is 10.8. The van der Waals surface area contributed by atoms with Crippen molar-refractivity contribution >= 4 is 22.9 Å². The number of nitrogens with one attached hydrogen (secondary N) is 1. The van der Waals surface area contributed by atoms with Crippen molar-refractivity contribution < 1.29 is 9.35 Å². The summed E-state index contributed by atoms with van der Waals surface area (Å²) in [6.07, 6.45) is 8.74. The van der Waals surface area contributed by atoms with Gasteiger partial charge in [0.15, 0.2) is 4.90 Å². The lowest BCUT2D eigenvalue weighted by molar-refractivity contribution is 0.244. The van der Waals surface area contributed by atoms with Crippen LogP contribution in [0.3, 0.4) is 0 Å². The fourth-order valence-electron chi connectivity index (χ4n) is 5.78. The van der Waals surface area contributed by atoms with Crippen LogP contribution in [-0.4, -0.2) is 32.8 Å². The first-order chi connectivity index (χ1) is 18.9. The van der Waals surface area contributed by atoms with Crippen molar-refractivity contribution in [3.63, 3.8) is 0 Å². The molecule has 3 aliphatic rings. The first-order valence-corrected chi connectivity index (χ1v) is 15.3. The van der Waals surface area contributed by atoms with E-state index in [9.17, 15) is 9.35 Å². The Hall–Kier alpha value is -3.16. The minimum atomic E-state index is -0.982. The van der Waals surface area contributed by atoms with E-state index in [0.717, 1.165) is 52.2 Å². The first kappa shape index (κ1) is 27.4. The maximum absolute atomic E-state index is 13.7. The highest BCUT2D eigenvalue weighted by Crippen LogP contribution is 2.47. The molecule has 1 aromatic heterocycles. The zero-order valence-corrected chi connectivity index (χ0v) is 23.9. The van der Waals surface area contributed by atoms with Crippen molar-refractivity contribution in [2.24, 2.45) is 11.8 Å². The highest BCUT2D eigenvalue weighted by molar-refractivity contribution is 7.91. The van der Waals surface area contributed by atoms with E-state index in [1.165, 1.54) is 5.56 Å². The van der Waals surface area contributed by atoms with Gasteiger partial charge < -0.3 is 9.87 Å². The molecule has 1 aliphatic carbocycles. The van der Waals surface area contributed by atoms with Gasteiger partial charge in [0.2, 0.25) is 0 Å². The van der Waals surface area contributed by atoms with E-state index < -0.39 is 11.2 Å². The Labute approximate surface area is 235 Å². The lowest BCUT2D eigenvalue weighted by atomic mass is 9.78. The summed E-state index contributed by atoms with van der Waals surface area (Å²) >= 11 is -0.982. The number of aromatic nitrogens is 2. The summed E-state index contributed by atoms with van der Waals surface area (Å²) in [6, 6.07) is 14.0. The Kier molecular flexibility index (Phi) is 8.38. The van der Waals surface area contributed by atoms with Gasteiger partial charge in [0, 0.05) is 36.5 Å². The van der Waals surface area contributed by atoms with Gasteiger partial charge in [-0.3, -0.25) is 4.90 Å². The fraction of sp³-hybridized carbons (Fsp3) is 0.406. The van der Waals surface area contributed by atoms with Crippen LogP contribution in [-0.2, 0) is 17.7 Å². The number of anilines is 1. The molecule has 6 rings (SSSR count). The number of carbonyl (C=O) groups is 1. The van der Waals surface area contributed by atoms with Gasteiger partial charge >= 0.3 is 6.03 Å². The predicted molar refractivity (Wildman–Crippen MR) is 158 cm³/mol. The van der Waals surface area contributed by atoms with Gasteiger partial charge in [0.25, 0.3) is 0 Å². The SMILES string of the molecule is C=CC1C(C)CCN(C(=O)NCc2ccc([S+]([O-])CC)cc2)c2ccc(cc2C2CC2)-c2cncnc2C1C. The van der Waals surface area contributed by atoms with Gasteiger partial charge in [-0.2, -0.15) is 0 Å². The smallest absolute Gasteiger partial charge is 0.322 e. The molecule has 1 fully saturated rings. The van der Waals surface area contributed by atoms with Crippen LogP contribution in [0.2, 0.25) is 0 Å². The highest BCUT2D eigenvalue weighted by atomic mass is 32.2. The number of rotatable bonds is 6. The van der Waals surface area contributed by atoms with Gasteiger partial charge in [-0.15, -0.1) is 6.58 Å². The molecule has 6 nitrogen and oxygen atoms in total. The summed E-state index contributed by atoms with van der Waals surface area (Å²) in [6.45, 7) is 11.6. The Balaban J connectivity index is 1.47. The molecule has 3 aromatic rings. The lowest BCUT2D eigenvalue weighted by Gasteiger charge is -2.32. The van der Waals surface area contributed by atoms with E-state index in [1.807, 2.05) is 48.4 Å². The first-order valence-electron chi connectivity index (χ1n) is 14.0. The van der Waals surface area contributed by atoms with Crippen LogP contribution in [0.5, 0.6) is 0 Å². The van der Waals surface area contributed by atoms with Gasteiger partial charge in [-0.25, -0.2) is 14.8 Å². The quantitative estimate of drug-likeness (QED) is 0.274. The van der Waals surface area contributed by atoms with Crippen molar-refractivity contribution in [2.75, 3.05) is 17.2 Å². The van der Waals surface area contributed by atoms with E-state index >= 15 is 0 Å². The average Bonchev–Trinajstić information content (AvgIpc) is 3.81. The summed E-state index contributed by atoms with van der Waals surface area (Å²) in [5.74, 6) is 1.76. The largest absolute Gasteiger partial charge is 0.611 e. The maximum Gasteiger partial charge on any atom is 0.322 e. The number of allylic oxidation sites excluding steroid dienone is 1. The number of hydrogen-bond donors (Lipinski definition) is 1. The molecule has 204 valence electrons. The molecule has 0 spiro atoms. The summed E-state index contributed by atoms with van der Waals surface area (Å²) in [4.78, 5) is 25.6. The molecule has 3 heterocycles. The Morgan fingerprint density at radius 2 is 1.95 bits per heavy atom. The normalized spacial score (nSPS) is 21.8. The van der Waals surface area contributed by atoms with E-state index in [2.05, 4.69) is 48.9 Å². The second kappa shape index (κ2) is 11.9. The van der Waals surface area contributed by atoms with E-state index in [-0.39, 0.29) is 17.9 Å². The molecule has 7 heteroatoms. The summed E-state index contributed by atoms with van der Waals surface area (Å²) in [7, 11) is 0. The van der Waals surface area contributed by atoms with Crippen LogP contribution in [0.1, 0.15) is 68.7 Å². The third-order valence-corrected chi connectivity index (χ3v) is 9.60. The van der Waals surface area contributed by atoms with Gasteiger partial charge in [-0.1, -0.05) is 38.1 Å². The third kappa shape index (κ3) is 5.89. The van der Waals surface area contributed by atoms with Gasteiger partial charge in [0.1, 0.15) is 12.1 Å².